The number of rotatable bonds is 0. The Morgan fingerprint density at radius 1 is 0.941 bits per heavy atom. The minimum atomic E-state index is 0.966. The third-order valence-corrected chi connectivity index (χ3v) is 3.50. The Bertz CT molecular complexity index is 729. The van der Waals surface area contributed by atoms with Crippen molar-refractivity contribution in [1.29, 1.82) is 0 Å². The van der Waals surface area contributed by atoms with E-state index in [1.54, 1.807) is 0 Å². The first kappa shape index (κ1) is 8.99. The maximum atomic E-state index is 4.72. The lowest BCUT2D eigenvalue weighted by molar-refractivity contribution is 1.03. The molecule has 0 radical (unpaired) electrons. The van der Waals surface area contributed by atoms with Gasteiger partial charge in [-0.05, 0) is 23.4 Å². The van der Waals surface area contributed by atoms with Crippen molar-refractivity contribution >= 4 is 27.5 Å². The maximum absolute atomic E-state index is 4.72. The second-order valence-corrected chi connectivity index (χ2v) is 4.49. The van der Waals surface area contributed by atoms with Gasteiger partial charge in [0.2, 0.25) is 0 Å². The average molecular weight is 220 g/mol. The van der Waals surface area contributed by atoms with Crippen LogP contribution in [0.2, 0.25) is 0 Å². The number of hydrogen-bond donors (Lipinski definition) is 1. The molecule has 2 heteroatoms. The number of nitrogens with one attached hydrogen (secondary N) is 1. The first-order chi connectivity index (χ1) is 8.43. The summed E-state index contributed by atoms with van der Waals surface area (Å²) in [4.78, 5) is 4.72. The van der Waals surface area contributed by atoms with Crippen LogP contribution in [0.15, 0.2) is 42.5 Å². The molecule has 2 aromatic carbocycles. The summed E-state index contributed by atoms with van der Waals surface area (Å²) in [6, 6.07) is 14.9. The van der Waals surface area contributed by atoms with Crippen LogP contribution in [0.3, 0.4) is 0 Å². The quantitative estimate of drug-likeness (QED) is 0.588. The molecule has 0 saturated carbocycles. The van der Waals surface area contributed by atoms with E-state index in [1.165, 1.54) is 21.7 Å². The summed E-state index contributed by atoms with van der Waals surface area (Å²) in [6.07, 6.45) is 1.07. The van der Waals surface area contributed by atoms with Gasteiger partial charge in [0.05, 0.1) is 5.52 Å². The first-order valence-corrected chi connectivity index (χ1v) is 5.98. The highest BCUT2D eigenvalue weighted by atomic mass is 15.0. The number of benzene rings is 2. The number of aromatic nitrogens is 1. The maximum Gasteiger partial charge on any atom is 0.134 e. The fraction of sp³-hybridized carbons (Fsp3) is 0.133. The number of pyridine rings is 1. The highest BCUT2D eigenvalue weighted by Crippen LogP contribution is 2.33. The van der Waals surface area contributed by atoms with Gasteiger partial charge in [0, 0.05) is 17.3 Å². The minimum Gasteiger partial charge on any atom is -0.369 e. The predicted octanol–water partition coefficient (Wildman–Crippen LogP) is 3.36. The predicted molar refractivity (Wildman–Crippen MR) is 71.4 cm³/mol. The van der Waals surface area contributed by atoms with Crippen molar-refractivity contribution in [1.82, 2.24) is 4.98 Å². The van der Waals surface area contributed by atoms with Gasteiger partial charge in [0.1, 0.15) is 5.82 Å². The fourth-order valence-corrected chi connectivity index (χ4v) is 2.74. The molecule has 0 aliphatic carbocycles. The van der Waals surface area contributed by atoms with Gasteiger partial charge < -0.3 is 5.32 Å². The van der Waals surface area contributed by atoms with Crippen LogP contribution in [-0.2, 0) is 6.42 Å². The van der Waals surface area contributed by atoms with Gasteiger partial charge >= 0.3 is 0 Å². The summed E-state index contributed by atoms with van der Waals surface area (Å²) in [5, 5.41) is 7.32. The van der Waals surface area contributed by atoms with Gasteiger partial charge in [-0.25, -0.2) is 4.98 Å². The molecule has 0 saturated heterocycles. The molecule has 2 heterocycles. The molecule has 3 aromatic rings. The highest BCUT2D eigenvalue weighted by molar-refractivity contribution is 6.12. The molecule has 0 spiro atoms. The highest BCUT2D eigenvalue weighted by Gasteiger charge is 2.14. The Morgan fingerprint density at radius 2 is 1.82 bits per heavy atom. The van der Waals surface area contributed by atoms with Crippen LogP contribution in [0, 0.1) is 0 Å². The number of hydrogen-bond acceptors (Lipinski definition) is 2. The third kappa shape index (κ3) is 1.18. The Hall–Kier alpha value is -2.09. The summed E-state index contributed by atoms with van der Waals surface area (Å²) >= 11 is 0. The summed E-state index contributed by atoms with van der Waals surface area (Å²) in [7, 11) is 0. The van der Waals surface area contributed by atoms with Crippen LogP contribution in [0.25, 0.3) is 21.7 Å². The topological polar surface area (TPSA) is 24.9 Å². The minimum absolute atomic E-state index is 0.966. The lowest BCUT2D eigenvalue weighted by Gasteiger charge is -2.08. The van der Waals surface area contributed by atoms with Crippen LogP contribution in [0.4, 0.5) is 5.82 Å². The Kier molecular flexibility index (Phi) is 1.69. The van der Waals surface area contributed by atoms with E-state index < -0.39 is 0 Å². The molecule has 4 rings (SSSR count). The zero-order valence-corrected chi connectivity index (χ0v) is 9.40. The smallest absolute Gasteiger partial charge is 0.134 e. The normalized spacial score (nSPS) is 13.9. The zero-order valence-electron chi connectivity index (χ0n) is 9.40. The SMILES string of the molecule is c1ccc2c(c1)nc1c3cccc(c32)CCN1. The van der Waals surface area contributed by atoms with Gasteiger partial charge in [-0.1, -0.05) is 36.4 Å². The van der Waals surface area contributed by atoms with E-state index in [0.717, 1.165) is 24.3 Å². The lowest BCUT2D eigenvalue weighted by Crippen LogP contribution is -2.02. The van der Waals surface area contributed by atoms with E-state index in [9.17, 15) is 0 Å². The molecule has 0 unspecified atom stereocenters. The van der Waals surface area contributed by atoms with Crippen molar-refractivity contribution < 1.29 is 0 Å². The van der Waals surface area contributed by atoms with Crippen molar-refractivity contribution in [2.45, 2.75) is 6.42 Å². The van der Waals surface area contributed by atoms with Gasteiger partial charge in [-0.15, -0.1) is 0 Å². The Balaban J connectivity index is 2.35. The molecule has 4 bridgehead atoms. The van der Waals surface area contributed by atoms with Crippen LogP contribution in [0.5, 0.6) is 0 Å². The standard InChI is InChI=1S/C15H12N2/c1-2-7-13-11(5-1)14-10-4-3-6-12(14)15(17-13)16-9-8-10/h1-7H,8-9H2,(H,16,17). The molecule has 0 fully saturated rings. The van der Waals surface area contributed by atoms with Crippen molar-refractivity contribution in [3.63, 3.8) is 0 Å². The van der Waals surface area contributed by atoms with Gasteiger partial charge in [-0.3, -0.25) is 0 Å². The molecule has 0 amide bonds. The lowest BCUT2D eigenvalue weighted by atomic mass is 10.00. The molecular weight excluding hydrogens is 208 g/mol. The fourth-order valence-electron chi connectivity index (χ4n) is 2.74. The second kappa shape index (κ2) is 3.20. The third-order valence-electron chi connectivity index (χ3n) is 3.50. The molecule has 0 atom stereocenters. The molecule has 2 nitrogen and oxygen atoms in total. The average Bonchev–Trinajstić information content (AvgIpc) is 2.46. The van der Waals surface area contributed by atoms with Crippen LogP contribution < -0.4 is 5.32 Å². The zero-order chi connectivity index (χ0) is 11.2. The van der Waals surface area contributed by atoms with Crippen LogP contribution in [-0.4, -0.2) is 11.5 Å². The van der Waals surface area contributed by atoms with Gasteiger partial charge in [0.15, 0.2) is 0 Å². The molecule has 1 aliphatic rings. The van der Waals surface area contributed by atoms with Crippen molar-refractivity contribution in [2.24, 2.45) is 0 Å². The largest absolute Gasteiger partial charge is 0.369 e. The van der Waals surface area contributed by atoms with E-state index in [-0.39, 0.29) is 0 Å². The molecule has 82 valence electrons. The number of anilines is 1. The summed E-state index contributed by atoms with van der Waals surface area (Å²) in [5.41, 5.74) is 2.50. The summed E-state index contributed by atoms with van der Waals surface area (Å²) < 4.78 is 0. The van der Waals surface area contributed by atoms with Crippen molar-refractivity contribution in [3.05, 3.63) is 48.0 Å². The molecule has 1 aliphatic heterocycles. The molecule has 1 aromatic heterocycles. The van der Waals surface area contributed by atoms with Gasteiger partial charge in [-0.2, -0.15) is 0 Å². The molecular formula is C15H12N2. The van der Waals surface area contributed by atoms with E-state index in [0.29, 0.717) is 0 Å². The van der Waals surface area contributed by atoms with E-state index in [1.807, 2.05) is 6.07 Å². The number of para-hydroxylation sites is 1. The Labute approximate surface area is 99.3 Å². The molecule has 1 N–H and O–H groups in total. The number of nitrogens with zero attached hydrogens (tertiary/aromatic N) is 1. The van der Waals surface area contributed by atoms with Crippen molar-refractivity contribution in [2.75, 3.05) is 11.9 Å². The monoisotopic (exact) mass is 220 g/mol. The van der Waals surface area contributed by atoms with Gasteiger partial charge in [0.25, 0.3) is 0 Å². The van der Waals surface area contributed by atoms with Crippen LogP contribution in [0.1, 0.15) is 5.56 Å². The second-order valence-electron chi connectivity index (χ2n) is 4.49. The Morgan fingerprint density at radius 3 is 2.82 bits per heavy atom. The van der Waals surface area contributed by atoms with Crippen molar-refractivity contribution in [3.8, 4) is 0 Å². The van der Waals surface area contributed by atoms with E-state index >= 15 is 0 Å². The molecule has 17 heavy (non-hydrogen) atoms. The van der Waals surface area contributed by atoms with E-state index in [4.69, 9.17) is 4.98 Å². The summed E-state index contributed by atoms with van der Waals surface area (Å²) in [5.74, 6) is 1.03. The number of fused-ring (bicyclic) bond motifs is 1. The van der Waals surface area contributed by atoms with E-state index in [2.05, 4.69) is 41.7 Å². The van der Waals surface area contributed by atoms with Crippen LogP contribution >= 0.6 is 0 Å². The summed E-state index contributed by atoms with van der Waals surface area (Å²) in [6.45, 7) is 0.966. The first-order valence-electron chi connectivity index (χ1n) is 5.98.